The van der Waals surface area contributed by atoms with Crippen molar-refractivity contribution in [1.29, 1.82) is 0 Å². The van der Waals surface area contributed by atoms with Crippen molar-refractivity contribution in [3.63, 3.8) is 0 Å². The summed E-state index contributed by atoms with van der Waals surface area (Å²) in [5.74, 6) is -2.83. The Morgan fingerprint density at radius 2 is 1.77 bits per heavy atom. The Labute approximate surface area is 202 Å². The summed E-state index contributed by atoms with van der Waals surface area (Å²) in [4.78, 5) is 49.2. The summed E-state index contributed by atoms with van der Waals surface area (Å²) >= 11 is 0. The number of carbonyl (C=O) groups is 3. The van der Waals surface area contributed by atoms with E-state index in [9.17, 15) is 24.5 Å². The summed E-state index contributed by atoms with van der Waals surface area (Å²) in [5.41, 5.74) is 11.0. The third-order valence-electron chi connectivity index (χ3n) is 6.22. The summed E-state index contributed by atoms with van der Waals surface area (Å²) in [7, 11) is 0. The van der Waals surface area contributed by atoms with Crippen LogP contribution in [-0.2, 0) is 36.2 Å². The van der Waals surface area contributed by atoms with E-state index >= 15 is 0 Å². The Bertz CT molecular complexity index is 1060. The molecule has 1 unspecified atom stereocenters. The molecule has 1 saturated heterocycles. The smallest absolute Gasteiger partial charge is 0.320 e. The largest absolute Gasteiger partial charge is 0.460 e. The van der Waals surface area contributed by atoms with Crippen LogP contribution in [0.5, 0.6) is 0 Å². The number of nitrogens with two attached hydrogens (primary N) is 2. The van der Waals surface area contributed by atoms with Crippen molar-refractivity contribution in [2.24, 2.45) is 23.3 Å². The van der Waals surface area contributed by atoms with Gasteiger partial charge >= 0.3 is 5.97 Å². The molecule has 0 spiro atoms. The number of hydrogen-bond acceptors (Lipinski definition) is 9. The molecule has 35 heavy (non-hydrogen) atoms. The maximum absolute atomic E-state index is 13.0. The van der Waals surface area contributed by atoms with Gasteiger partial charge in [-0.15, -0.1) is 0 Å². The van der Waals surface area contributed by atoms with E-state index in [2.05, 4.69) is 0 Å². The molecule has 2 atom stereocenters. The van der Waals surface area contributed by atoms with Crippen molar-refractivity contribution in [3.05, 3.63) is 75.8 Å². The normalized spacial score (nSPS) is 16.6. The molecule has 11 nitrogen and oxygen atoms in total. The molecule has 0 saturated carbocycles. The molecule has 2 aromatic rings. The molecule has 1 amide bonds. The van der Waals surface area contributed by atoms with E-state index in [1.54, 1.807) is 18.2 Å². The fourth-order valence-corrected chi connectivity index (χ4v) is 4.30. The number of nitro benzene ring substituents is 1. The van der Waals surface area contributed by atoms with Gasteiger partial charge in [0, 0.05) is 31.6 Å². The molecule has 3 rings (SSSR count). The van der Waals surface area contributed by atoms with Crippen molar-refractivity contribution >= 4 is 24.0 Å². The molecule has 4 N–H and O–H groups in total. The molecule has 0 bridgehead atoms. The molecule has 1 heterocycles. The van der Waals surface area contributed by atoms with Crippen LogP contribution in [0.1, 0.15) is 24.0 Å². The quantitative estimate of drug-likeness (QED) is 0.127. The van der Waals surface area contributed by atoms with Gasteiger partial charge in [0.1, 0.15) is 12.5 Å². The van der Waals surface area contributed by atoms with Crippen LogP contribution in [0.25, 0.3) is 0 Å². The first-order valence-electron chi connectivity index (χ1n) is 11.2. The van der Waals surface area contributed by atoms with Crippen LogP contribution in [0.15, 0.2) is 54.6 Å². The van der Waals surface area contributed by atoms with Gasteiger partial charge in [0.15, 0.2) is 5.72 Å². The summed E-state index contributed by atoms with van der Waals surface area (Å²) in [6, 6.07) is 14.9. The van der Waals surface area contributed by atoms with Crippen LogP contribution < -0.4 is 11.5 Å². The molecular formula is C24H28N4O7. The lowest BCUT2D eigenvalue weighted by Gasteiger charge is -2.41. The number of piperidine rings is 1. The minimum absolute atomic E-state index is 0.0279. The molecule has 11 heteroatoms. The van der Waals surface area contributed by atoms with Gasteiger partial charge in [0.05, 0.1) is 10.5 Å². The molecule has 1 aliphatic rings. The number of para-hydroxylation sites is 1. The molecular weight excluding hydrogens is 456 g/mol. The standard InChI is InChI=1S/C24H28N4O7/c25-14-19(23(31)34-15-17-6-2-1-3-7-17)22(30)27-12-10-18(11-13-27)24(26,35-16-29)20-8-4-5-9-21(20)28(32)33/h1-9,16,18-19H,10-15,25-26H2/t19-,24?/m0/s1. The SMILES string of the molecule is NC[C@H](C(=O)OCc1ccccc1)C(=O)N1CCC(C(N)(OC=O)c2ccccc2[N+](=O)[O-])CC1. The Hall–Kier alpha value is -3.83. The number of hydrogen-bond donors (Lipinski definition) is 2. The molecule has 1 fully saturated rings. The van der Waals surface area contributed by atoms with Gasteiger partial charge < -0.3 is 20.1 Å². The third-order valence-corrected chi connectivity index (χ3v) is 6.22. The lowest BCUT2D eigenvalue weighted by Crippen LogP contribution is -2.53. The molecule has 0 radical (unpaired) electrons. The van der Waals surface area contributed by atoms with Crippen LogP contribution in [-0.4, -0.2) is 47.8 Å². The van der Waals surface area contributed by atoms with E-state index in [1.807, 2.05) is 18.2 Å². The number of nitrogens with zero attached hydrogens (tertiary/aromatic N) is 2. The van der Waals surface area contributed by atoms with Crippen molar-refractivity contribution in [1.82, 2.24) is 4.90 Å². The second kappa shape index (κ2) is 11.5. The molecule has 1 aliphatic heterocycles. The van der Waals surface area contributed by atoms with Gasteiger partial charge in [-0.05, 0) is 24.5 Å². The Morgan fingerprint density at radius 3 is 2.37 bits per heavy atom. The number of benzene rings is 2. The molecule has 2 aromatic carbocycles. The fourth-order valence-electron chi connectivity index (χ4n) is 4.30. The zero-order valence-corrected chi connectivity index (χ0v) is 19.1. The van der Waals surface area contributed by atoms with E-state index in [0.29, 0.717) is 12.8 Å². The van der Waals surface area contributed by atoms with Crippen LogP contribution in [0, 0.1) is 22.0 Å². The van der Waals surface area contributed by atoms with E-state index in [1.165, 1.54) is 23.1 Å². The highest BCUT2D eigenvalue weighted by molar-refractivity contribution is 5.98. The predicted octanol–water partition coefficient (Wildman–Crippen LogP) is 1.44. The Balaban J connectivity index is 1.68. The lowest BCUT2D eigenvalue weighted by molar-refractivity contribution is -0.387. The number of rotatable bonds is 10. The van der Waals surface area contributed by atoms with E-state index < -0.39 is 34.4 Å². The number of carbonyl (C=O) groups excluding carboxylic acids is 3. The van der Waals surface area contributed by atoms with Crippen molar-refractivity contribution in [3.8, 4) is 0 Å². The van der Waals surface area contributed by atoms with Crippen LogP contribution in [0.4, 0.5) is 5.69 Å². The Morgan fingerprint density at radius 1 is 1.14 bits per heavy atom. The maximum Gasteiger partial charge on any atom is 0.320 e. The van der Waals surface area contributed by atoms with Crippen molar-refractivity contribution in [2.75, 3.05) is 19.6 Å². The summed E-state index contributed by atoms with van der Waals surface area (Å²) in [6.45, 7) is 0.390. The van der Waals surface area contributed by atoms with Gasteiger partial charge in [-0.2, -0.15) is 0 Å². The first-order valence-corrected chi connectivity index (χ1v) is 11.2. The second-order valence-electron chi connectivity index (χ2n) is 8.26. The van der Waals surface area contributed by atoms with E-state index in [-0.39, 0.29) is 44.0 Å². The molecule has 0 aromatic heterocycles. The van der Waals surface area contributed by atoms with Crippen LogP contribution in [0.2, 0.25) is 0 Å². The topological polar surface area (TPSA) is 168 Å². The average Bonchev–Trinajstić information content (AvgIpc) is 2.88. The fraction of sp³-hybridized carbons (Fsp3) is 0.375. The lowest BCUT2D eigenvalue weighted by atomic mass is 9.81. The first kappa shape index (κ1) is 25.8. The number of amides is 1. The van der Waals surface area contributed by atoms with E-state index in [0.717, 1.165) is 5.56 Å². The highest BCUT2D eigenvalue weighted by Crippen LogP contribution is 2.39. The predicted molar refractivity (Wildman–Crippen MR) is 124 cm³/mol. The highest BCUT2D eigenvalue weighted by Gasteiger charge is 2.45. The molecule has 0 aliphatic carbocycles. The van der Waals surface area contributed by atoms with Gasteiger partial charge in [0.2, 0.25) is 5.91 Å². The van der Waals surface area contributed by atoms with Crippen molar-refractivity contribution < 1.29 is 28.8 Å². The highest BCUT2D eigenvalue weighted by atomic mass is 16.6. The zero-order valence-electron chi connectivity index (χ0n) is 19.1. The summed E-state index contributed by atoms with van der Waals surface area (Å²) < 4.78 is 10.5. The first-order chi connectivity index (χ1) is 16.8. The van der Waals surface area contributed by atoms with Gasteiger partial charge in [-0.1, -0.05) is 42.5 Å². The number of likely N-dealkylation sites (tertiary alicyclic amines) is 1. The zero-order chi connectivity index (χ0) is 25.4. The molecule has 186 valence electrons. The Kier molecular flexibility index (Phi) is 8.50. The number of nitro groups is 1. The van der Waals surface area contributed by atoms with Crippen LogP contribution in [0.3, 0.4) is 0 Å². The third kappa shape index (κ3) is 5.81. The summed E-state index contributed by atoms with van der Waals surface area (Å²) in [6.07, 6.45) is 0.580. The second-order valence-corrected chi connectivity index (χ2v) is 8.26. The number of ether oxygens (including phenoxy) is 2. The van der Waals surface area contributed by atoms with Crippen molar-refractivity contribution in [2.45, 2.75) is 25.2 Å². The monoisotopic (exact) mass is 484 g/mol. The number of esters is 1. The van der Waals surface area contributed by atoms with E-state index in [4.69, 9.17) is 20.9 Å². The minimum Gasteiger partial charge on any atom is -0.460 e. The van der Waals surface area contributed by atoms with Crippen LogP contribution >= 0.6 is 0 Å². The van der Waals surface area contributed by atoms with Gasteiger partial charge in [0.25, 0.3) is 12.2 Å². The minimum atomic E-state index is -1.75. The van der Waals surface area contributed by atoms with Gasteiger partial charge in [-0.3, -0.25) is 30.2 Å². The summed E-state index contributed by atoms with van der Waals surface area (Å²) in [5, 5.41) is 11.5. The average molecular weight is 485 g/mol. The maximum atomic E-state index is 13.0. The van der Waals surface area contributed by atoms with Gasteiger partial charge in [-0.25, -0.2) is 0 Å².